The van der Waals surface area contributed by atoms with E-state index in [-0.39, 0.29) is 17.9 Å². The Morgan fingerprint density at radius 1 is 1.38 bits per heavy atom. The van der Waals surface area contributed by atoms with Gasteiger partial charge in [-0.05, 0) is 18.1 Å². The van der Waals surface area contributed by atoms with Crippen molar-refractivity contribution in [3.8, 4) is 0 Å². The first-order valence-corrected chi connectivity index (χ1v) is 7.03. The lowest BCUT2D eigenvalue weighted by Gasteiger charge is -2.29. The van der Waals surface area contributed by atoms with Gasteiger partial charge in [-0.1, -0.05) is 27.7 Å². The number of amides is 1. The van der Waals surface area contributed by atoms with Crippen molar-refractivity contribution in [3.05, 3.63) is 0 Å². The van der Waals surface area contributed by atoms with Crippen LogP contribution in [0.5, 0.6) is 0 Å². The minimum atomic E-state index is -0.141. The Labute approximate surface area is 103 Å². The van der Waals surface area contributed by atoms with Crippen LogP contribution >= 0.6 is 11.8 Å². The summed E-state index contributed by atoms with van der Waals surface area (Å²) in [6.07, 6.45) is 1.77. The van der Waals surface area contributed by atoms with Gasteiger partial charge in [0.05, 0.1) is 12.4 Å². The zero-order valence-electron chi connectivity index (χ0n) is 10.9. The molecule has 0 saturated heterocycles. The summed E-state index contributed by atoms with van der Waals surface area (Å²) in [6, 6.07) is 0. The van der Waals surface area contributed by atoms with E-state index in [9.17, 15) is 9.90 Å². The van der Waals surface area contributed by atoms with Crippen molar-refractivity contribution in [2.75, 3.05) is 18.9 Å². The van der Waals surface area contributed by atoms with Gasteiger partial charge < -0.3 is 10.4 Å². The Balaban J connectivity index is 3.97. The third kappa shape index (κ3) is 5.75. The fraction of sp³-hybridized carbons (Fsp3) is 0.917. The highest BCUT2D eigenvalue weighted by Crippen LogP contribution is 2.24. The molecule has 0 saturated carbocycles. The third-order valence-electron chi connectivity index (χ3n) is 3.04. The first-order chi connectivity index (χ1) is 7.49. The number of hydrogen-bond donors (Lipinski definition) is 2. The number of nitrogens with one attached hydrogen (secondary N) is 1. The average molecular weight is 247 g/mol. The Morgan fingerprint density at radius 2 is 1.94 bits per heavy atom. The van der Waals surface area contributed by atoms with Crippen LogP contribution in [0.1, 0.15) is 40.5 Å². The van der Waals surface area contributed by atoms with Crippen LogP contribution in [-0.4, -0.2) is 35.2 Å². The molecule has 0 fully saturated rings. The van der Waals surface area contributed by atoms with E-state index in [2.05, 4.69) is 33.0 Å². The van der Waals surface area contributed by atoms with Crippen LogP contribution in [0.3, 0.4) is 0 Å². The lowest BCUT2D eigenvalue weighted by Crippen LogP contribution is -2.40. The summed E-state index contributed by atoms with van der Waals surface area (Å²) in [4.78, 5) is 11.5. The van der Waals surface area contributed by atoms with E-state index in [0.29, 0.717) is 17.5 Å². The highest BCUT2D eigenvalue weighted by molar-refractivity contribution is 8.00. The van der Waals surface area contributed by atoms with Crippen molar-refractivity contribution < 1.29 is 9.90 Å². The normalized spacial score (nSPS) is 11.9. The van der Waals surface area contributed by atoms with Crippen LogP contribution in [0.2, 0.25) is 0 Å². The van der Waals surface area contributed by atoms with Crippen LogP contribution < -0.4 is 5.32 Å². The van der Waals surface area contributed by atoms with Gasteiger partial charge in [0.1, 0.15) is 0 Å². The first-order valence-electron chi connectivity index (χ1n) is 5.98. The molecule has 0 heterocycles. The summed E-state index contributed by atoms with van der Waals surface area (Å²) >= 11 is 1.64. The highest BCUT2D eigenvalue weighted by atomic mass is 32.2. The van der Waals surface area contributed by atoms with Crippen LogP contribution in [0.25, 0.3) is 0 Å². The molecule has 0 aliphatic heterocycles. The second-order valence-corrected chi connectivity index (χ2v) is 6.07. The summed E-state index contributed by atoms with van der Waals surface area (Å²) in [5.74, 6) is 0.575. The van der Waals surface area contributed by atoms with Crippen molar-refractivity contribution in [1.29, 1.82) is 0 Å². The zero-order chi connectivity index (χ0) is 12.6. The number of carbonyl (C=O) groups excluding carboxylic acids is 1. The molecule has 0 bridgehead atoms. The lowest BCUT2D eigenvalue weighted by atomic mass is 9.83. The molecule has 96 valence electrons. The fourth-order valence-electron chi connectivity index (χ4n) is 1.36. The smallest absolute Gasteiger partial charge is 0.230 e. The lowest BCUT2D eigenvalue weighted by molar-refractivity contribution is -0.119. The molecule has 16 heavy (non-hydrogen) atoms. The molecule has 0 aromatic rings. The van der Waals surface area contributed by atoms with Crippen LogP contribution in [0, 0.1) is 5.41 Å². The maximum Gasteiger partial charge on any atom is 0.230 e. The Bertz CT molecular complexity index is 195. The van der Waals surface area contributed by atoms with E-state index >= 15 is 0 Å². The van der Waals surface area contributed by atoms with Gasteiger partial charge in [-0.15, -0.1) is 11.8 Å². The van der Waals surface area contributed by atoms with E-state index in [1.165, 1.54) is 0 Å². The van der Waals surface area contributed by atoms with Gasteiger partial charge in [0.2, 0.25) is 5.91 Å². The molecule has 0 radical (unpaired) electrons. The van der Waals surface area contributed by atoms with Crippen molar-refractivity contribution in [3.63, 3.8) is 0 Å². The zero-order valence-corrected chi connectivity index (χ0v) is 11.7. The molecule has 0 aliphatic rings. The van der Waals surface area contributed by atoms with Crippen LogP contribution in [-0.2, 0) is 4.79 Å². The van der Waals surface area contributed by atoms with Crippen LogP contribution in [0.15, 0.2) is 0 Å². The number of carbonyl (C=O) groups is 1. The van der Waals surface area contributed by atoms with E-state index < -0.39 is 0 Å². The molecule has 4 heteroatoms. The molecular weight excluding hydrogens is 222 g/mol. The van der Waals surface area contributed by atoms with Gasteiger partial charge in [-0.3, -0.25) is 4.79 Å². The maximum absolute atomic E-state index is 11.5. The van der Waals surface area contributed by atoms with Gasteiger partial charge in [-0.25, -0.2) is 0 Å². The highest BCUT2D eigenvalue weighted by Gasteiger charge is 2.25. The van der Waals surface area contributed by atoms with Crippen LogP contribution in [0.4, 0.5) is 0 Å². The maximum atomic E-state index is 11.5. The number of rotatable bonds is 8. The van der Waals surface area contributed by atoms with Crippen molar-refractivity contribution >= 4 is 17.7 Å². The topological polar surface area (TPSA) is 49.3 Å². The number of aliphatic hydroxyl groups excluding tert-OH is 1. The largest absolute Gasteiger partial charge is 0.396 e. The van der Waals surface area contributed by atoms with Gasteiger partial charge in [0.25, 0.3) is 0 Å². The number of hydrogen-bond acceptors (Lipinski definition) is 3. The Hall–Kier alpha value is -0.220. The molecule has 0 aromatic carbocycles. The summed E-state index contributed by atoms with van der Waals surface area (Å²) in [5, 5.41) is 12.7. The number of thioether (sulfide) groups is 1. The standard InChI is InChI=1S/C12H25NO2S/c1-5-12(6-2,9-14)8-13-11(15)7-16-10(3)4/h10,14H,5-9H2,1-4H3,(H,13,15). The van der Waals surface area contributed by atoms with E-state index in [4.69, 9.17) is 0 Å². The molecular formula is C12H25NO2S. The Morgan fingerprint density at radius 3 is 2.31 bits per heavy atom. The number of aliphatic hydroxyl groups is 1. The van der Waals surface area contributed by atoms with Crippen molar-refractivity contribution in [2.24, 2.45) is 5.41 Å². The average Bonchev–Trinajstić information content (AvgIpc) is 2.29. The fourth-order valence-corrected chi connectivity index (χ4v) is 1.95. The van der Waals surface area contributed by atoms with Crippen molar-refractivity contribution in [1.82, 2.24) is 5.32 Å². The molecule has 0 atom stereocenters. The molecule has 0 aromatic heterocycles. The molecule has 0 rings (SSSR count). The molecule has 0 aliphatic carbocycles. The van der Waals surface area contributed by atoms with Gasteiger partial charge in [0.15, 0.2) is 0 Å². The second-order valence-electron chi connectivity index (χ2n) is 4.50. The molecule has 2 N–H and O–H groups in total. The first kappa shape index (κ1) is 15.8. The monoisotopic (exact) mass is 247 g/mol. The second kappa shape index (κ2) is 7.96. The van der Waals surface area contributed by atoms with E-state index in [1.807, 2.05) is 0 Å². The predicted molar refractivity (Wildman–Crippen MR) is 70.7 cm³/mol. The third-order valence-corrected chi connectivity index (χ3v) is 4.14. The quantitative estimate of drug-likeness (QED) is 0.690. The van der Waals surface area contributed by atoms with Gasteiger partial charge >= 0.3 is 0 Å². The minimum absolute atomic E-state index is 0.0680. The summed E-state index contributed by atoms with van der Waals surface area (Å²) in [7, 11) is 0. The van der Waals surface area contributed by atoms with E-state index in [0.717, 1.165) is 12.8 Å². The SMILES string of the molecule is CCC(CC)(CO)CNC(=O)CSC(C)C. The summed E-state index contributed by atoms with van der Waals surface area (Å²) in [6.45, 7) is 8.97. The molecule has 3 nitrogen and oxygen atoms in total. The van der Waals surface area contributed by atoms with Crippen molar-refractivity contribution in [2.45, 2.75) is 45.8 Å². The predicted octanol–water partition coefficient (Wildman–Crippen LogP) is 2.04. The summed E-state index contributed by atoms with van der Waals surface area (Å²) < 4.78 is 0. The molecule has 1 amide bonds. The molecule has 0 spiro atoms. The van der Waals surface area contributed by atoms with Gasteiger partial charge in [-0.2, -0.15) is 0 Å². The molecule has 0 unspecified atom stereocenters. The van der Waals surface area contributed by atoms with Gasteiger partial charge in [0, 0.05) is 12.0 Å². The summed E-state index contributed by atoms with van der Waals surface area (Å²) in [5.41, 5.74) is -0.141. The Kier molecular flexibility index (Phi) is 7.85. The minimum Gasteiger partial charge on any atom is -0.396 e. The van der Waals surface area contributed by atoms with E-state index in [1.54, 1.807) is 11.8 Å².